The lowest BCUT2D eigenvalue weighted by atomic mass is 9.55. The van der Waals surface area contributed by atoms with Crippen molar-refractivity contribution in [2.75, 3.05) is 13.2 Å². The maximum Gasteiger partial charge on any atom is 0.115 e. The molecule has 0 unspecified atom stereocenters. The van der Waals surface area contributed by atoms with E-state index in [0.717, 1.165) is 63.7 Å². The number of pyridine rings is 1. The van der Waals surface area contributed by atoms with Gasteiger partial charge in [0.05, 0.1) is 18.4 Å². The number of aryl methyl sites for hydroxylation is 1. The minimum Gasteiger partial charge on any atom is -0.508 e. The van der Waals surface area contributed by atoms with Crippen LogP contribution < -0.4 is 5.32 Å². The Morgan fingerprint density at radius 3 is 2.63 bits per heavy atom. The number of aromatic nitrogens is 1. The van der Waals surface area contributed by atoms with Crippen LogP contribution in [0.1, 0.15) is 100 Å². The predicted octanol–water partition coefficient (Wildman–Crippen LogP) is 6.11. The van der Waals surface area contributed by atoms with Crippen molar-refractivity contribution in [1.29, 1.82) is 0 Å². The van der Waals surface area contributed by atoms with Crippen molar-refractivity contribution in [2.45, 2.75) is 103 Å². The molecule has 4 N–H and O–H groups in total. The summed E-state index contributed by atoms with van der Waals surface area (Å²) in [5, 5.41) is 35.8. The van der Waals surface area contributed by atoms with Crippen molar-refractivity contribution in [3.05, 3.63) is 59.4 Å². The van der Waals surface area contributed by atoms with E-state index in [4.69, 9.17) is 0 Å². The molecule has 1 aromatic heterocycles. The molecular formula is C33H48N2O3. The van der Waals surface area contributed by atoms with E-state index >= 15 is 0 Å². The van der Waals surface area contributed by atoms with Crippen molar-refractivity contribution >= 4 is 0 Å². The van der Waals surface area contributed by atoms with Crippen LogP contribution >= 0.6 is 0 Å². The quantitative estimate of drug-likeness (QED) is 0.254. The number of nitrogens with one attached hydrogen (secondary N) is 1. The van der Waals surface area contributed by atoms with Gasteiger partial charge in [-0.2, -0.15) is 0 Å². The first kappa shape index (κ1) is 27.6. The van der Waals surface area contributed by atoms with Crippen molar-refractivity contribution in [1.82, 2.24) is 10.3 Å². The standard InChI is InChI=1S/C33H48N2O3/c1-32-17-15-28-27-14-12-26(37)20-24(27)11-13-29(28)30(32)21-33(23-36,31(32)38)16-7-4-2-3-5-8-18-34-22-25-10-6-9-19-35-25/h6,9-10,12,14,19-20,28-31,34,36-38H,2-5,7-8,11,13,15-18,21-23H2,1H3/t28-,29-,30+,31-,32+,33-/m1/s1. The van der Waals surface area contributed by atoms with Gasteiger partial charge in [-0.05, 0) is 110 Å². The lowest BCUT2D eigenvalue weighted by molar-refractivity contribution is -0.0715. The normalized spacial score (nSPS) is 32.0. The molecule has 3 aliphatic carbocycles. The van der Waals surface area contributed by atoms with Crippen molar-refractivity contribution in [3.8, 4) is 5.75 Å². The first-order chi connectivity index (χ1) is 18.5. The number of fused-ring (bicyclic) bond motifs is 5. The summed E-state index contributed by atoms with van der Waals surface area (Å²) in [7, 11) is 0. The molecule has 0 aliphatic heterocycles. The van der Waals surface area contributed by atoms with Crippen molar-refractivity contribution in [2.24, 2.45) is 22.7 Å². The first-order valence-electron chi connectivity index (χ1n) is 15.2. The smallest absolute Gasteiger partial charge is 0.115 e. The number of aromatic hydroxyl groups is 1. The van der Waals surface area contributed by atoms with E-state index in [0.29, 0.717) is 23.5 Å². The van der Waals surface area contributed by atoms with Gasteiger partial charge in [-0.1, -0.05) is 51.2 Å². The SMILES string of the molecule is C[C@]12CC[C@@H]3c4ccc(O)cc4CC[C@H]3[C@@H]1C[C@@](CO)(CCCCCCCCNCc1ccccn1)[C@@H]2O. The highest BCUT2D eigenvalue weighted by molar-refractivity contribution is 5.40. The molecule has 2 fully saturated rings. The maximum absolute atomic E-state index is 11.7. The fourth-order valence-corrected chi connectivity index (χ4v) is 8.51. The molecule has 0 bridgehead atoms. The van der Waals surface area contributed by atoms with Gasteiger partial charge < -0.3 is 20.6 Å². The summed E-state index contributed by atoms with van der Waals surface area (Å²) in [6.45, 7) is 4.28. The van der Waals surface area contributed by atoms with Gasteiger partial charge in [0.15, 0.2) is 0 Å². The zero-order chi connectivity index (χ0) is 26.6. The van der Waals surface area contributed by atoms with Crippen LogP contribution in [0.3, 0.4) is 0 Å². The molecule has 0 radical (unpaired) electrons. The summed E-state index contributed by atoms with van der Waals surface area (Å²) in [5.41, 5.74) is 3.38. The summed E-state index contributed by atoms with van der Waals surface area (Å²) in [4.78, 5) is 4.35. The Balaban J connectivity index is 1.08. The highest BCUT2D eigenvalue weighted by atomic mass is 16.3. The average molecular weight is 521 g/mol. The Bertz CT molecular complexity index is 1050. The van der Waals surface area contributed by atoms with E-state index in [1.54, 1.807) is 0 Å². The molecule has 0 saturated heterocycles. The van der Waals surface area contributed by atoms with Crippen LogP contribution in [0.15, 0.2) is 42.6 Å². The Hall–Kier alpha value is -1.95. The van der Waals surface area contributed by atoms with Crippen LogP contribution in [0.2, 0.25) is 0 Å². The predicted molar refractivity (Wildman–Crippen MR) is 152 cm³/mol. The summed E-state index contributed by atoms with van der Waals surface area (Å²) in [5.74, 6) is 1.93. The minimum absolute atomic E-state index is 0.0966. The van der Waals surface area contributed by atoms with E-state index in [-0.39, 0.29) is 17.4 Å². The molecule has 38 heavy (non-hydrogen) atoms. The van der Waals surface area contributed by atoms with Gasteiger partial charge in [0.25, 0.3) is 0 Å². The highest BCUT2D eigenvalue weighted by Crippen LogP contribution is 2.66. The minimum atomic E-state index is -0.419. The second-order valence-corrected chi connectivity index (χ2v) is 12.8. The van der Waals surface area contributed by atoms with E-state index < -0.39 is 6.10 Å². The summed E-state index contributed by atoms with van der Waals surface area (Å²) in [6, 6.07) is 12.0. The molecule has 0 amide bonds. The van der Waals surface area contributed by atoms with Crippen LogP contribution in [0.4, 0.5) is 0 Å². The zero-order valence-corrected chi connectivity index (χ0v) is 23.2. The van der Waals surface area contributed by atoms with Crippen LogP contribution in [-0.4, -0.2) is 39.6 Å². The fraction of sp³-hybridized carbons (Fsp3) is 0.667. The second kappa shape index (κ2) is 12.1. The third kappa shape index (κ3) is 5.52. The van der Waals surface area contributed by atoms with Gasteiger partial charge in [0, 0.05) is 18.2 Å². The lowest BCUT2D eigenvalue weighted by Crippen LogP contribution is -2.46. The number of unbranched alkanes of at least 4 members (excludes halogenated alkanes) is 5. The average Bonchev–Trinajstić information content (AvgIpc) is 3.17. The zero-order valence-electron chi connectivity index (χ0n) is 23.2. The summed E-state index contributed by atoms with van der Waals surface area (Å²) in [6.07, 6.45) is 14.8. The van der Waals surface area contributed by atoms with Crippen LogP contribution in [0, 0.1) is 22.7 Å². The van der Waals surface area contributed by atoms with Gasteiger partial charge in [0.1, 0.15) is 5.75 Å². The van der Waals surface area contributed by atoms with Gasteiger partial charge >= 0.3 is 0 Å². The molecule has 1 aromatic carbocycles. The summed E-state index contributed by atoms with van der Waals surface area (Å²) >= 11 is 0. The molecule has 208 valence electrons. The molecule has 1 heterocycles. The van der Waals surface area contributed by atoms with Gasteiger partial charge in [-0.3, -0.25) is 4.98 Å². The Labute approximate surface area is 229 Å². The number of hydrogen-bond donors (Lipinski definition) is 4. The number of nitrogens with zero attached hydrogens (tertiary/aromatic N) is 1. The molecule has 5 rings (SSSR count). The topological polar surface area (TPSA) is 85.6 Å². The van der Waals surface area contributed by atoms with Crippen LogP contribution in [0.5, 0.6) is 5.75 Å². The molecule has 2 saturated carbocycles. The van der Waals surface area contributed by atoms with E-state index in [2.05, 4.69) is 29.4 Å². The first-order valence-corrected chi connectivity index (χ1v) is 15.2. The molecule has 2 aromatic rings. The van der Waals surface area contributed by atoms with Gasteiger partial charge in [-0.25, -0.2) is 0 Å². The molecular weight excluding hydrogens is 472 g/mol. The maximum atomic E-state index is 11.7. The van der Waals surface area contributed by atoms with Crippen LogP contribution in [-0.2, 0) is 13.0 Å². The fourth-order valence-electron chi connectivity index (χ4n) is 8.51. The lowest BCUT2D eigenvalue weighted by Gasteiger charge is -2.50. The Morgan fingerprint density at radius 2 is 1.84 bits per heavy atom. The number of benzene rings is 1. The molecule has 5 heteroatoms. The van der Waals surface area contributed by atoms with Crippen molar-refractivity contribution in [3.63, 3.8) is 0 Å². The largest absolute Gasteiger partial charge is 0.508 e. The number of aliphatic hydroxyl groups is 2. The number of phenolic OH excluding ortho intramolecular Hbond substituents is 1. The van der Waals surface area contributed by atoms with E-state index in [9.17, 15) is 15.3 Å². The van der Waals surface area contributed by atoms with Crippen LogP contribution in [0.25, 0.3) is 0 Å². The van der Waals surface area contributed by atoms with E-state index in [1.165, 1.54) is 43.2 Å². The monoisotopic (exact) mass is 520 g/mol. The number of hydrogen-bond acceptors (Lipinski definition) is 5. The third-order valence-corrected chi connectivity index (χ3v) is 10.6. The Kier molecular flexibility index (Phi) is 8.76. The number of phenols is 1. The second-order valence-electron chi connectivity index (χ2n) is 12.8. The summed E-state index contributed by atoms with van der Waals surface area (Å²) < 4.78 is 0. The highest BCUT2D eigenvalue weighted by Gasteiger charge is 2.63. The van der Waals surface area contributed by atoms with Crippen molar-refractivity contribution < 1.29 is 15.3 Å². The van der Waals surface area contributed by atoms with Gasteiger partial charge in [0.2, 0.25) is 0 Å². The third-order valence-electron chi connectivity index (χ3n) is 10.6. The molecule has 5 nitrogen and oxygen atoms in total. The Morgan fingerprint density at radius 1 is 1.03 bits per heavy atom. The molecule has 3 aliphatic rings. The van der Waals surface area contributed by atoms with E-state index in [1.807, 2.05) is 30.5 Å². The number of aliphatic hydroxyl groups excluding tert-OH is 2. The molecule has 0 spiro atoms. The number of rotatable bonds is 12. The molecule has 6 atom stereocenters. The van der Waals surface area contributed by atoms with Gasteiger partial charge in [-0.15, -0.1) is 0 Å².